The molecule has 0 aliphatic heterocycles. The predicted molar refractivity (Wildman–Crippen MR) is 116 cm³/mol. The lowest BCUT2D eigenvalue weighted by Gasteiger charge is -2.05. The van der Waals surface area contributed by atoms with E-state index in [1.807, 2.05) is 35.8 Å². The number of carbonyl (C=O) groups is 1. The number of azo groups is 1. The molecule has 29 heavy (non-hydrogen) atoms. The minimum Gasteiger partial charge on any atom is -0.480 e. The smallest absolute Gasteiger partial charge is 0.330 e. The van der Waals surface area contributed by atoms with Crippen molar-refractivity contribution in [2.24, 2.45) is 10.2 Å². The molecule has 2 heterocycles. The van der Waals surface area contributed by atoms with Crippen LogP contribution < -0.4 is 0 Å². The molecule has 0 bridgehead atoms. The number of carboxylic acids is 1. The molecule has 0 fully saturated rings. The van der Waals surface area contributed by atoms with E-state index in [1.54, 1.807) is 18.2 Å². The molecule has 9 heteroatoms. The summed E-state index contributed by atoms with van der Waals surface area (Å²) in [6, 6.07) is 11.9. The maximum absolute atomic E-state index is 11.7. The highest BCUT2D eigenvalue weighted by Crippen LogP contribution is 2.31. The summed E-state index contributed by atoms with van der Waals surface area (Å²) in [5.41, 5.74) is 3.30. The summed E-state index contributed by atoms with van der Waals surface area (Å²) < 4.78 is 0. The molecule has 2 aromatic heterocycles. The van der Waals surface area contributed by atoms with Crippen LogP contribution in [-0.4, -0.2) is 27.1 Å². The van der Waals surface area contributed by atoms with Gasteiger partial charge in [0, 0.05) is 34.5 Å². The molecule has 1 unspecified atom stereocenters. The molecule has 4 rings (SSSR count). The van der Waals surface area contributed by atoms with Crippen LogP contribution in [0.2, 0.25) is 10.0 Å². The van der Waals surface area contributed by atoms with E-state index in [0.29, 0.717) is 20.9 Å². The molecule has 0 amide bonds. The summed E-state index contributed by atoms with van der Waals surface area (Å²) in [5, 5.41) is 21.7. The minimum absolute atomic E-state index is 0.230. The standard InChI is InChI=1S/C20H14Cl2N4O2S/c21-14-6-5-11(7-15(14)22)18-10-29-20(24-18)26-25-17(19(27)28)8-12-9-23-16-4-2-1-3-13(12)16/h1-7,9-10,17,23H,8H2,(H,27,28). The largest absolute Gasteiger partial charge is 0.480 e. The van der Waals surface area contributed by atoms with Gasteiger partial charge in [0.25, 0.3) is 0 Å². The molecule has 2 N–H and O–H groups in total. The number of rotatable bonds is 6. The summed E-state index contributed by atoms with van der Waals surface area (Å²) in [4.78, 5) is 19.2. The van der Waals surface area contributed by atoms with E-state index in [0.717, 1.165) is 22.0 Å². The normalized spacial score (nSPS) is 12.6. The molecule has 0 aliphatic carbocycles. The number of aromatic nitrogens is 2. The Morgan fingerprint density at radius 2 is 2.03 bits per heavy atom. The average Bonchev–Trinajstić information content (AvgIpc) is 3.34. The van der Waals surface area contributed by atoms with Crippen molar-refractivity contribution >= 4 is 56.5 Å². The predicted octanol–water partition coefficient (Wildman–Crippen LogP) is 6.38. The van der Waals surface area contributed by atoms with Gasteiger partial charge in [0.15, 0.2) is 6.04 Å². The lowest BCUT2D eigenvalue weighted by Crippen LogP contribution is -2.19. The van der Waals surface area contributed by atoms with Crippen LogP contribution >= 0.6 is 34.5 Å². The molecule has 0 saturated heterocycles. The average molecular weight is 445 g/mol. The molecular weight excluding hydrogens is 431 g/mol. The molecule has 2 aromatic carbocycles. The van der Waals surface area contributed by atoms with Gasteiger partial charge in [-0.2, -0.15) is 5.11 Å². The number of H-pyrrole nitrogens is 1. The summed E-state index contributed by atoms with van der Waals surface area (Å²) in [5.74, 6) is -1.04. The van der Waals surface area contributed by atoms with E-state index < -0.39 is 12.0 Å². The number of hydrogen-bond donors (Lipinski definition) is 2. The van der Waals surface area contributed by atoms with Crippen molar-refractivity contribution in [3.63, 3.8) is 0 Å². The van der Waals surface area contributed by atoms with Crippen molar-refractivity contribution in [2.75, 3.05) is 0 Å². The number of benzene rings is 2. The first-order valence-electron chi connectivity index (χ1n) is 8.61. The second-order valence-corrected chi connectivity index (χ2v) is 7.93. The number of aromatic amines is 1. The van der Waals surface area contributed by atoms with Gasteiger partial charge in [-0.15, -0.1) is 16.5 Å². The van der Waals surface area contributed by atoms with Crippen molar-refractivity contribution in [2.45, 2.75) is 12.5 Å². The fourth-order valence-corrected chi connectivity index (χ4v) is 3.85. The quantitative estimate of drug-likeness (QED) is 0.338. The van der Waals surface area contributed by atoms with Crippen LogP contribution in [0.5, 0.6) is 0 Å². The third kappa shape index (κ3) is 4.32. The van der Waals surface area contributed by atoms with E-state index in [1.165, 1.54) is 11.3 Å². The SMILES string of the molecule is O=C(O)C(Cc1c[nH]c2ccccc12)N=Nc1nc(-c2ccc(Cl)c(Cl)c2)cs1. The van der Waals surface area contributed by atoms with Crippen molar-refractivity contribution in [1.29, 1.82) is 0 Å². The zero-order chi connectivity index (χ0) is 20.4. The number of nitrogens with one attached hydrogen (secondary N) is 1. The van der Waals surface area contributed by atoms with Crippen LogP contribution in [0, 0.1) is 0 Å². The zero-order valence-electron chi connectivity index (χ0n) is 14.8. The van der Waals surface area contributed by atoms with Gasteiger partial charge in [-0.1, -0.05) is 47.5 Å². The number of hydrogen-bond acceptors (Lipinski definition) is 5. The van der Waals surface area contributed by atoms with Crippen molar-refractivity contribution in [3.05, 3.63) is 69.7 Å². The second-order valence-electron chi connectivity index (χ2n) is 6.28. The Hall–Kier alpha value is -2.74. The number of thiazole rings is 1. The topological polar surface area (TPSA) is 90.7 Å². The fraction of sp³-hybridized carbons (Fsp3) is 0.100. The van der Waals surface area contributed by atoms with Crippen LogP contribution in [0.15, 0.2) is 64.3 Å². The van der Waals surface area contributed by atoms with E-state index in [2.05, 4.69) is 20.2 Å². The number of nitrogens with zero attached hydrogens (tertiary/aromatic N) is 3. The Morgan fingerprint density at radius 3 is 2.83 bits per heavy atom. The summed E-state index contributed by atoms with van der Waals surface area (Å²) in [7, 11) is 0. The maximum atomic E-state index is 11.7. The maximum Gasteiger partial charge on any atom is 0.330 e. The molecule has 4 aromatic rings. The molecule has 0 radical (unpaired) electrons. The number of carboxylic acid groups (broad SMARTS) is 1. The lowest BCUT2D eigenvalue weighted by atomic mass is 10.1. The Balaban J connectivity index is 1.54. The molecule has 6 nitrogen and oxygen atoms in total. The zero-order valence-corrected chi connectivity index (χ0v) is 17.2. The van der Waals surface area contributed by atoms with Crippen LogP contribution in [0.1, 0.15) is 5.56 Å². The molecule has 0 aliphatic rings. The highest BCUT2D eigenvalue weighted by molar-refractivity contribution is 7.13. The van der Waals surface area contributed by atoms with Crippen LogP contribution in [0.3, 0.4) is 0 Å². The van der Waals surface area contributed by atoms with Gasteiger partial charge in [0.2, 0.25) is 5.13 Å². The highest BCUT2D eigenvalue weighted by atomic mass is 35.5. The number of para-hydroxylation sites is 1. The Kier molecular flexibility index (Phi) is 5.62. The van der Waals surface area contributed by atoms with Crippen LogP contribution in [0.25, 0.3) is 22.2 Å². The molecule has 1 atom stereocenters. The molecule has 0 spiro atoms. The van der Waals surface area contributed by atoms with E-state index >= 15 is 0 Å². The lowest BCUT2D eigenvalue weighted by molar-refractivity contribution is -0.138. The third-order valence-electron chi connectivity index (χ3n) is 4.36. The van der Waals surface area contributed by atoms with Gasteiger partial charge < -0.3 is 10.1 Å². The molecular formula is C20H14Cl2N4O2S. The third-order valence-corrected chi connectivity index (χ3v) is 5.83. The van der Waals surface area contributed by atoms with Gasteiger partial charge in [0.05, 0.1) is 15.7 Å². The van der Waals surface area contributed by atoms with Gasteiger partial charge in [-0.25, -0.2) is 9.78 Å². The van der Waals surface area contributed by atoms with Crippen molar-refractivity contribution < 1.29 is 9.90 Å². The van der Waals surface area contributed by atoms with Gasteiger partial charge in [-0.05, 0) is 23.8 Å². The fourth-order valence-electron chi connectivity index (χ4n) is 2.90. The first-order chi connectivity index (χ1) is 14.0. The highest BCUT2D eigenvalue weighted by Gasteiger charge is 2.19. The summed E-state index contributed by atoms with van der Waals surface area (Å²) in [6.45, 7) is 0. The number of halogens is 2. The van der Waals surface area contributed by atoms with Crippen molar-refractivity contribution in [1.82, 2.24) is 9.97 Å². The van der Waals surface area contributed by atoms with Crippen LogP contribution in [-0.2, 0) is 11.2 Å². The summed E-state index contributed by atoms with van der Waals surface area (Å²) in [6.07, 6.45) is 2.04. The van der Waals surface area contributed by atoms with Gasteiger partial charge in [0.1, 0.15) is 0 Å². The summed E-state index contributed by atoms with van der Waals surface area (Å²) >= 11 is 13.3. The first kappa shape index (κ1) is 19.6. The Bertz CT molecular complexity index is 1220. The minimum atomic E-state index is -1.04. The van der Waals surface area contributed by atoms with E-state index in [-0.39, 0.29) is 6.42 Å². The second kappa shape index (κ2) is 8.32. The first-order valence-corrected chi connectivity index (χ1v) is 10.2. The van der Waals surface area contributed by atoms with Gasteiger partial charge >= 0.3 is 5.97 Å². The Morgan fingerprint density at radius 1 is 1.21 bits per heavy atom. The van der Waals surface area contributed by atoms with E-state index in [9.17, 15) is 9.90 Å². The number of fused-ring (bicyclic) bond motifs is 1. The monoisotopic (exact) mass is 444 g/mol. The van der Waals surface area contributed by atoms with Crippen LogP contribution in [0.4, 0.5) is 5.13 Å². The molecule has 146 valence electrons. The number of aliphatic carboxylic acids is 1. The Labute approximate surface area is 179 Å². The van der Waals surface area contributed by atoms with Crippen molar-refractivity contribution in [3.8, 4) is 11.3 Å². The van der Waals surface area contributed by atoms with Gasteiger partial charge in [-0.3, -0.25) is 0 Å². The van der Waals surface area contributed by atoms with E-state index in [4.69, 9.17) is 23.2 Å². The molecule has 0 saturated carbocycles.